The molecule has 0 radical (unpaired) electrons. The number of aromatic nitrogens is 1. The van der Waals surface area contributed by atoms with E-state index in [-0.39, 0.29) is 5.54 Å². The highest BCUT2D eigenvalue weighted by atomic mass is 15.5. The standard InChI is InChI=1S/C15H28B2N4/c1-7-8-12-20-16(4)18(6)14-15(2,3)19-11-9-10-13(19)21(14)17(20)5/h9-11,14H,7-8,12H2,1-6H3. The van der Waals surface area contributed by atoms with E-state index < -0.39 is 0 Å². The van der Waals surface area contributed by atoms with E-state index in [1.807, 2.05) is 0 Å². The number of fused-ring (bicyclic) bond motifs is 3. The second kappa shape index (κ2) is 5.10. The molecule has 0 aliphatic carbocycles. The molecule has 0 saturated carbocycles. The third-order valence-corrected chi connectivity index (χ3v) is 5.62. The zero-order chi connectivity index (χ0) is 15.4. The highest BCUT2D eigenvalue weighted by molar-refractivity contribution is 6.73. The molecule has 1 saturated heterocycles. The summed E-state index contributed by atoms with van der Waals surface area (Å²) < 4.78 is 5.08. The van der Waals surface area contributed by atoms with Gasteiger partial charge in [0.25, 0.3) is 6.98 Å². The largest absolute Gasteiger partial charge is 0.371 e. The minimum absolute atomic E-state index is 0.104. The van der Waals surface area contributed by atoms with Crippen LogP contribution in [0.4, 0.5) is 5.82 Å². The first-order valence-corrected chi connectivity index (χ1v) is 8.35. The van der Waals surface area contributed by atoms with Crippen molar-refractivity contribution >= 4 is 19.8 Å². The maximum Gasteiger partial charge on any atom is 0.331 e. The predicted molar refractivity (Wildman–Crippen MR) is 92.6 cm³/mol. The Kier molecular flexibility index (Phi) is 3.65. The van der Waals surface area contributed by atoms with Gasteiger partial charge in [-0.3, -0.25) is 0 Å². The van der Waals surface area contributed by atoms with Crippen LogP contribution in [-0.4, -0.2) is 47.8 Å². The van der Waals surface area contributed by atoms with E-state index >= 15 is 0 Å². The summed E-state index contributed by atoms with van der Waals surface area (Å²) in [6.07, 6.45) is 5.18. The van der Waals surface area contributed by atoms with Crippen LogP contribution < -0.4 is 4.81 Å². The van der Waals surface area contributed by atoms with Crippen LogP contribution in [0.15, 0.2) is 18.3 Å². The first-order valence-electron chi connectivity index (χ1n) is 8.35. The molecule has 1 aromatic rings. The lowest BCUT2D eigenvalue weighted by molar-refractivity contribution is 0.203. The van der Waals surface area contributed by atoms with Gasteiger partial charge in [0.2, 0.25) is 0 Å². The van der Waals surface area contributed by atoms with E-state index in [2.05, 4.69) is 78.7 Å². The van der Waals surface area contributed by atoms with Gasteiger partial charge in [-0.15, -0.1) is 0 Å². The van der Waals surface area contributed by atoms with Crippen LogP contribution in [0.1, 0.15) is 33.6 Å². The predicted octanol–water partition coefficient (Wildman–Crippen LogP) is 2.65. The molecule has 0 bridgehead atoms. The Morgan fingerprint density at radius 3 is 2.62 bits per heavy atom. The monoisotopic (exact) mass is 286 g/mol. The molecular weight excluding hydrogens is 258 g/mol. The number of hydrogen-bond acceptors (Lipinski definition) is 3. The van der Waals surface area contributed by atoms with Gasteiger partial charge in [0.1, 0.15) is 0 Å². The number of rotatable bonds is 3. The summed E-state index contributed by atoms with van der Waals surface area (Å²) in [5, 5.41) is 0. The average Bonchev–Trinajstić information content (AvgIpc) is 2.98. The summed E-state index contributed by atoms with van der Waals surface area (Å²) in [6, 6.07) is 4.44. The van der Waals surface area contributed by atoms with Crippen molar-refractivity contribution in [3.05, 3.63) is 18.3 Å². The lowest BCUT2D eigenvalue weighted by atomic mass is 9.56. The molecule has 1 atom stereocenters. The lowest BCUT2D eigenvalue weighted by Gasteiger charge is -2.53. The Labute approximate surface area is 130 Å². The normalized spacial score (nSPS) is 25.4. The van der Waals surface area contributed by atoms with Crippen LogP contribution in [0.2, 0.25) is 13.6 Å². The molecule has 21 heavy (non-hydrogen) atoms. The van der Waals surface area contributed by atoms with Gasteiger partial charge < -0.3 is 18.9 Å². The van der Waals surface area contributed by atoms with Crippen LogP contribution in [0, 0.1) is 0 Å². The van der Waals surface area contributed by atoms with Gasteiger partial charge in [-0.1, -0.05) is 27.0 Å². The zero-order valence-corrected chi connectivity index (χ0v) is 14.4. The van der Waals surface area contributed by atoms with Gasteiger partial charge in [0.05, 0.1) is 17.5 Å². The van der Waals surface area contributed by atoms with Crippen LogP contribution >= 0.6 is 0 Å². The third-order valence-electron chi connectivity index (χ3n) is 5.62. The van der Waals surface area contributed by atoms with Crippen LogP contribution in [0.5, 0.6) is 0 Å². The molecule has 3 rings (SSSR count). The van der Waals surface area contributed by atoms with Gasteiger partial charge in [-0.2, -0.15) is 0 Å². The van der Waals surface area contributed by atoms with E-state index in [1.165, 1.54) is 25.2 Å². The van der Waals surface area contributed by atoms with Crippen molar-refractivity contribution in [3.63, 3.8) is 0 Å². The molecule has 3 heterocycles. The van der Waals surface area contributed by atoms with Crippen molar-refractivity contribution in [1.29, 1.82) is 0 Å². The molecule has 2 aliphatic heterocycles. The Morgan fingerprint density at radius 1 is 1.24 bits per heavy atom. The lowest BCUT2D eigenvalue weighted by Crippen LogP contribution is -2.74. The van der Waals surface area contributed by atoms with Crippen LogP contribution in [-0.2, 0) is 5.54 Å². The summed E-state index contributed by atoms with van der Waals surface area (Å²) in [4.78, 5) is 5.15. The molecule has 0 N–H and O–H groups in total. The molecule has 1 fully saturated rings. The van der Waals surface area contributed by atoms with E-state index in [1.54, 1.807) is 0 Å². The molecule has 0 amide bonds. The van der Waals surface area contributed by atoms with Gasteiger partial charge >= 0.3 is 6.98 Å². The Bertz CT molecular complexity index is 516. The minimum Gasteiger partial charge on any atom is -0.371 e. The summed E-state index contributed by atoms with van der Waals surface area (Å²) in [6.45, 7) is 13.8. The molecule has 6 heteroatoms. The second-order valence-corrected chi connectivity index (χ2v) is 7.19. The van der Waals surface area contributed by atoms with E-state index in [0.717, 1.165) is 0 Å². The minimum atomic E-state index is 0.104. The fourth-order valence-corrected chi connectivity index (χ4v) is 4.37. The van der Waals surface area contributed by atoms with Crippen LogP contribution in [0.25, 0.3) is 0 Å². The molecule has 1 aromatic heterocycles. The van der Waals surface area contributed by atoms with E-state index in [0.29, 0.717) is 20.1 Å². The van der Waals surface area contributed by atoms with Crippen molar-refractivity contribution in [3.8, 4) is 0 Å². The van der Waals surface area contributed by atoms with Gasteiger partial charge in [0.15, 0.2) is 0 Å². The highest BCUT2D eigenvalue weighted by Gasteiger charge is 2.55. The summed E-state index contributed by atoms with van der Waals surface area (Å²) >= 11 is 0. The van der Waals surface area contributed by atoms with Gasteiger partial charge in [0, 0.05) is 6.20 Å². The SMILES string of the molecule is CCCCN1B(C)N(C)C2N(B1C)c1cccn1C2(C)C. The number of likely N-dealkylation sites (N-methyl/N-ethyl adjacent to an activating group) is 1. The average molecular weight is 286 g/mol. The van der Waals surface area contributed by atoms with Crippen molar-refractivity contribution < 1.29 is 0 Å². The summed E-state index contributed by atoms with van der Waals surface area (Å²) in [7, 11) is 2.28. The van der Waals surface area contributed by atoms with Crippen molar-refractivity contribution in [2.75, 3.05) is 18.4 Å². The highest BCUT2D eigenvalue weighted by Crippen LogP contribution is 2.43. The molecule has 114 valence electrons. The van der Waals surface area contributed by atoms with E-state index in [9.17, 15) is 0 Å². The molecular formula is C15H28B2N4. The number of unbranched alkanes of at least 4 members (excludes halogenated alkanes) is 1. The molecule has 2 aliphatic rings. The fourth-order valence-electron chi connectivity index (χ4n) is 4.37. The Morgan fingerprint density at radius 2 is 1.95 bits per heavy atom. The number of hydrogen-bond donors (Lipinski definition) is 0. The first-order chi connectivity index (χ1) is 9.91. The Balaban J connectivity index is 1.99. The van der Waals surface area contributed by atoms with E-state index in [4.69, 9.17) is 0 Å². The molecule has 0 spiro atoms. The van der Waals surface area contributed by atoms with Crippen molar-refractivity contribution in [2.24, 2.45) is 0 Å². The second-order valence-electron chi connectivity index (χ2n) is 7.19. The van der Waals surface area contributed by atoms with Gasteiger partial charge in [-0.25, -0.2) is 0 Å². The third kappa shape index (κ3) is 1.99. The van der Waals surface area contributed by atoms with Gasteiger partial charge in [-0.05, 0) is 46.0 Å². The van der Waals surface area contributed by atoms with Crippen LogP contribution in [0.3, 0.4) is 0 Å². The molecule has 0 aromatic carbocycles. The number of nitrogens with zero attached hydrogens (tertiary/aromatic N) is 4. The zero-order valence-electron chi connectivity index (χ0n) is 14.4. The molecule has 4 nitrogen and oxygen atoms in total. The number of anilines is 1. The summed E-state index contributed by atoms with van der Waals surface area (Å²) in [5.74, 6) is 1.36. The fraction of sp³-hybridized carbons (Fsp3) is 0.733. The van der Waals surface area contributed by atoms with Crippen molar-refractivity contribution in [1.82, 2.24) is 14.1 Å². The smallest absolute Gasteiger partial charge is 0.331 e. The Hall–Kier alpha value is -0.870. The topological polar surface area (TPSA) is 14.7 Å². The first kappa shape index (κ1) is 15.0. The maximum absolute atomic E-state index is 2.64. The van der Waals surface area contributed by atoms with Crippen molar-refractivity contribution in [2.45, 2.75) is 59.0 Å². The molecule has 1 unspecified atom stereocenters. The summed E-state index contributed by atoms with van der Waals surface area (Å²) in [5.41, 5.74) is 0.104. The maximum atomic E-state index is 2.64. The quantitative estimate of drug-likeness (QED) is 0.794.